The van der Waals surface area contributed by atoms with Crippen LogP contribution in [0.25, 0.3) is 0 Å². The Bertz CT molecular complexity index is 762. The molecule has 0 saturated carbocycles. The summed E-state index contributed by atoms with van der Waals surface area (Å²) < 4.78 is 21.4. The van der Waals surface area contributed by atoms with Crippen LogP contribution >= 0.6 is 0 Å². The number of hydrogen-bond acceptors (Lipinski definition) is 5. The molecule has 0 radical (unpaired) electrons. The summed E-state index contributed by atoms with van der Waals surface area (Å²) in [5.41, 5.74) is 2.69. The average Bonchev–Trinajstić information content (AvgIpc) is 3.08. The maximum absolute atomic E-state index is 12.4. The van der Waals surface area contributed by atoms with Gasteiger partial charge < -0.3 is 24.3 Å². The van der Waals surface area contributed by atoms with Gasteiger partial charge in [0.15, 0.2) is 11.5 Å². The number of ether oxygens (including phenoxy) is 4. The van der Waals surface area contributed by atoms with Crippen LogP contribution in [0.1, 0.15) is 11.1 Å². The van der Waals surface area contributed by atoms with Crippen molar-refractivity contribution in [3.05, 3.63) is 41.5 Å². The van der Waals surface area contributed by atoms with E-state index in [2.05, 4.69) is 5.32 Å². The third-order valence-electron chi connectivity index (χ3n) is 4.07. The van der Waals surface area contributed by atoms with E-state index in [0.29, 0.717) is 29.5 Å². The van der Waals surface area contributed by atoms with Crippen LogP contribution < -0.4 is 24.3 Å². The molecule has 132 valence electrons. The first-order valence-electron chi connectivity index (χ1n) is 7.99. The fourth-order valence-corrected chi connectivity index (χ4v) is 2.89. The van der Waals surface area contributed by atoms with Crippen molar-refractivity contribution in [2.75, 3.05) is 33.3 Å². The Morgan fingerprint density at radius 1 is 1.08 bits per heavy atom. The predicted octanol–water partition coefficient (Wildman–Crippen LogP) is 2.83. The van der Waals surface area contributed by atoms with Crippen molar-refractivity contribution in [3.8, 4) is 23.0 Å². The molecular weight excluding hydrogens is 322 g/mol. The van der Waals surface area contributed by atoms with Gasteiger partial charge in [0.25, 0.3) is 0 Å². The summed E-state index contributed by atoms with van der Waals surface area (Å²) in [6.45, 7) is 0.705. The first kappa shape index (κ1) is 17.0. The molecule has 1 aliphatic rings. The Morgan fingerprint density at radius 2 is 1.80 bits per heavy atom. The minimum atomic E-state index is -0.117. The summed E-state index contributed by atoms with van der Waals surface area (Å²) >= 11 is 0. The monoisotopic (exact) mass is 343 g/mol. The van der Waals surface area contributed by atoms with Crippen molar-refractivity contribution in [2.45, 2.75) is 12.8 Å². The SMILES string of the molecule is COc1cc(NC(=O)Cc2ccc3c(c2)CCO3)cc(OC)c1OC. The number of hydrogen-bond donors (Lipinski definition) is 1. The van der Waals surface area contributed by atoms with E-state index >= 15 is 0 Å². The molecule has 6 heteroatoms. The second-order valence-electron chi connectivity index (χ2n) is 5.68. The van der Waals surface area contributed by atoms with Gasteiger partial charge in [0.2, 0.25) is 11.7 Å². The zero-order chi connectivity index (χ0) is 17.8. The number of methoxy groups -OCH3 is 3. The fraction of sp³-hybridized carbons (Fsp3) is 0.316. The third-order valence-corrected chi connectivity index (χ3v) is 4.07. The minimum absolute atomic E-state index is 0.117. The molecule has 0 aliphatic carbocycles. The summed E-state index contributed by atoms with van der Waals surface area (Å²) in [5.74, 6) is 2.27. The second kappa shape index (κ2) is 7.34. The lowest BCUT2D eigenvalue weighted by molar-refractivity contribution is -0.115. The highest BCUT2D eigenvalue weighted by Crippen LogP contribution is 2.40. The molecule has 2 aromatic carbocycles. The lowest BCUT2D eigenvalue weighted by Crippen LogP contribution is -2.14. The van der Waals surface area contributed by atoms with Gasteiger partial charge in [0, 0.05) is 24.2 Å². The Balaban J connectivity index is 1.74. The maximum Gasteiger partial charge on any atom is 0.228 e. The number of carbonyl (C=O) groups excluding carboxylic acids is 1. The first-order valence-corrected chi connectivity index (χ1v) is 7.99. The summed E-state index contributed by atoms with van der Waals surface area (Å²) in [6.07, 6.45) is 1.17. The number of anilines is 1. The van der Waals surface area contributed by atoms with Gasteiger partial charge in [-0.15, -0.1) is 0 Å². The van der Waals surface area contributed by atoms with E-state index in [4.69, 9.17) is 18.9 Å². The molecule has 0 fully saturated rings. The number of amides is 1. The average molecular weight is 343 g/mol. The standard InChI is InChI=1S/C19H21NO5/c1-22-16-10-14(11-17(23-2)19(16)24-3)20-18(21)9-12-4-5-15-13(8-12)6-7-25-15/h4-5,8,10-11H,6-7,9H2,1-3H3,(H,20,21). The summed E-state index contributed by atoms with van der Waals surface area (Å²) in [7, 11) is 4.61. The summed E-state index contributed by atoms with van der Waals surface area (Å²) in [6, 6.07) is 9.27. The zero-order valence-corrected chi connectivity index (χ0v) is 14.5. The smallest absolute Gasteiger partial charge is 0.228 e. The van der Waals surface area contributed by atoms with E-state index in [1.807, 2.05) is 18.2 Å². The Morgan fingerprint density at radius 3 is 2.44 bits per heavy atom. The topological polar surface area (TPSA) is 66.0 Å². The van der Waals surface area contributed by atoms with Crippen LogP contribution in [0.3, 0.4) is 0 Å². The third kappa shape index (κ3) is 3.63. The van der Waals surface area contributed by atoms with Crippen molar-refractivity contribution in [1.82, 2.24) is 0 Å². The van der Waals surface area contributed by atoms with Crippen molar-refractivity contribution >= 4 is 11.6 Å². The van der Waals surface area contributed by atoms with E-state index < -0.39 is 0 Å². The molecule has 1 aliphatic heterocycles. The van der Waals surface area contributed by atoms with E-state index in [1.54, 1.807) is 12.1 Å². The molecular formula is C19H21NO5. The van der Waals surface area contributed by atoms with E-state index in [-0.39, 0.29) is 12.3 Å². The predicted molar refractivity (Wildman–Crippen MR) is 94.1 cm³/mol. The summed E-state index contributed by atoms with van der Waals surface area (Å²) in [4.78, 5) is 12.4. The van der Waals surface area contributed by atoms with Gasteiger partial charge in [-0.05, 0) is 17.2 Å². The molecule has 3 rings (SSSR count). The fourth-order valence-electron chi connectivity index (χ4n) is 2.89. The van der Waals surface area contributed by atoms with Crippen LogP contribution in [0.4, 0.5) is 5.69 Å². The van der Waals surface area contributed by atoms with Gasteiger partial charge in [-0.3, -0.25) is 4.79 Å². The van der Waals surface area contributed by atoms with Crippen molar-refractivity contribution in [1.29, 1.82) is 0 Å². The largest absolute Gasteiger partial charge is 0.493 e. The van der Waals surface area contributed by atoms with E-state index in [1.165, 1.54) is 21.3 Å². The number of fused-ring (bicyclic) bond motifs is 1. The Labute approximate surface area is 146 Å². The van der Waals surface area contributed by atoms with Gasteiger partial charge in [0.05, 0.1) is 34.4 Å². The molecule has 6 nitrogen and oxygen atoms in total. The Kier molecular flexibility index (Phi) is 4.97. The molecule has 0 spiro atoms. The zero-order valence-electron chi connectivity index (χ0n) is 14.5. The number of carbonyl (C=O) groups is 1. The lowest BCUT2D eigenvalue weighted by Gasteiger charge is -2.14. The molecule has 2 aromatic rings. The lowest BCUT2D eigenvalue weighted by atomic mass is 10.1. The van der Waals surface area contributed by atoms with Crippen molar-refractivity contribution in [3.63, 3.8) is 0 Å². The highest BCUT2D eigenvalue weighted by Gasteiger charge is 2.16. The molecule has 0 aromatic heterocycles. The van der Waals surface area contributed by atoms with Crippen LogP contribution in [0.2, 0.25) is 0 Å². The molecule has 1 amide bonds. The van der Waals surface area contributed by atoms with Crippen LogP contribution in [0.15, 0.2) is 30.3 Å². The van der Waals surface area contributed by atoms with E-state index in [9.17, 15) is 4.79 Å². The van der Waals surface area contributed by atoms with Gasteiger partial charge in [-0.2, -0.15) is 0 Å². The van der Waals surface area contributed by atoms with Crippen molar-refractivity contribution in [2.24, 2.45) is 0 Å². The molecule has 1 N–H and O–H groups in total. The first-order chi connectivity index (χ1) is 12.1. The van der Waals surface area contributed by atoms with Gasteiger partial charge in [-0.25, -0.2) is 0 Å². The van der Waals surface area contributed by atoms with Crippen LogP contribution in [-0.2, 0) is 17.6 Å². The van der Waals surface area contributed by atoms with Crippen LogP contribution in [-0.4, -0.2) is 33.8 Å². The number of benzene rings is 2. The molecule has 0 saturated heterocycles. The summed E-state index contributed by atoms with van der Waals surface area (Å²) in [5, 5.41) is 2.87. The highest BCUT2D eigenvalue weighted by molar-refractivity contribution is 5.93. The second-order valence-corrected chi connectivity index (χ2v) is 5.68. The number of nitrogens with one attached hydrogen (secondary N) is 1. The van der Waals surface area contributed by atoms with Gasteiger partial charge in [-0.1, -0.05) is 12.1 Å². The number of rotatable bonds is 6. The minimum Gasteiger partial charge on any atom is -0.493 e. The van der Waals surface area contributed by atoms with Crippen LogP contribution in [0.5, 0.6) is 23.0 Å². The van der Waals surface area contributed by atoms with Crippen LogP contribution in [0, 0.1) is 0 Å². The quantitative estimate of drug-likeness (QED) is 0.874. The normalized spacial score (nSPS) is 12.1. The maximum atomic E-state index is 12.4. The van der Waals surface area contributed by atoms with Gasteiger partial charge >= 0.3 is 0 Å². The Hall–Kier alpha value is -2.89. The molecule has 25 heavy (non-hydrogen) atoms. The molecule has 0 atom stereocenters. The molecule has 0 unspecified atom stereocenters. The molecule has 1 heterocycles. The van der Waals surface area contributed by atoms with Crippen molar-refractivity contribution < 1.29 is 23.7 Å². The van der Waals surface area contributed by atoms with Gasteiger partial charge in [0.1, 0.15) is 5.75 Å². The highest BCUT2D eigenvalue weighted by atomic mass is 16.5. The molecule has 0 bridgehead atoms. The van der Waals surface area contributed by atoms with E-state index in [0.717, 1.165) is 23.3 Å².